The zero-order chi connectivity index (χ0) is 10.7. The van der Waals surface area contributed by atoms with Crippen molar-refractivity contribution >= 4 is 23.7 Å². The van der Waals surface area contributed by atoms with Gasteiger partial charge in [-0.25, -0.2) is 0 Å². The van der Waals surface area contributed by atoms with Gasteiger partial charge in [-0.15, -0.1) is 23.7 Å². The van der Waals surface area contributed by atoms with E-state index >= 15 is 0 Å². The zero-order valence-corrected chi connectivity index (χ0v) is 11.4. The summed E-state index contributed by atoms with van der Waals surface area (Å²) in [5.74, 6) is 0.770. The van der Waals surface area contributed by atoms with Crippen molar-refractivity contribution in [3.8, 4) is 0 Å². The zero-order valence-electron chi connectivity index (χ0n) is 9.82. The fourth-order valence-electron chi connectivity index (χ4n) is 2.17. The van der Waals surface area contributed by atoms with Crippen LogP contribution >= 0.6 is 23.7 Å². The molecule has 1 aliphatic heterocycles. The van der Waals surface area contributed by atoms with Gasteiger partial charge in [-0.2, -0.15) is 0 Å². The van der Waals surface area contributed by atoms with Crippen LogP contribution in [0.2, 0.25) is 0 Å². The van der Waals surface area contributed by atoms with Gasteiger partial charge in [0.05, 0.1) is 0 Å². The Morgan fingerprint density at radius 3 is 2.56 bits per heavy atom. The molecule has 0 unspecified atom stereocenters. The normalized spacial score (nSPS) is 18.4. The number of aryl methyl sites for hydroxylation is 1. The highest BCUT2D eigenvalue weighted by Crippen LogP contribution is 2.21. The van der Waals surface area contributed by atoms with Gasteiger partial charge in [-0.05, 0) is 57.5 Å². The molecule has 2 nitrogen and oxygen atoms in total. The number of thiophene rings is 1. The first kappa shape index (κ1) is 14.0. The van der Waals surface area contributed by atoms with Crippen molar-refractivity contribution < 1.29 is 0 Å². The standard InChI is InChI=1S/C12H20N2S.ClH/c1-10-2-3-12(15-10)9-14-6-4-11(8-13)5-7-14;/h2-3,11H,4-9,13H2,1H3;1H. The Hall–Kier alpha value is -0.0900. The van der Waals surface area contributed by atoms with Crippen molar-refractivity contribution in [3.63, 3.8) is 0 Å². The van der Waals surface area contributed by atoms with Crippen molar-refractivity contribution in [2.45, 2.75) is 26.3 Å². The number of halogens is 1. The molecule has 0 amide bonds. The van der Waals surface area contributed by atoms with E-state index in [9.17, 15) is 0 Å². The Morgan fingerprint density at radius 2 is 2.06 bits per heavy atom. The van der Waals surface area contributed by atoms with E-state index in [0.29, 0.717) is 0 Å². The summed E-state index contributed by atoms with van der Waals surface area (Å²) < 4.78 is 0. The number of rotatable bonds is 3. The smallest absolute Gasteiger partial charge is 0.0328 e. The average molecular weight is 261 g/mol. The number of nitrogens with two attached hydrogens (primary N) is 1. The highest BCUT2D eigenvalue weighted by molar-refractivity contribution is 7.11. The lowest BCUT2D eigenvalue weighted by Crippen LogP contribution is -2.35. The van der Waals surface area contributed by atoms with Gasteiger partial charge in [0.1, 0.15) is 0 Å². The first-order valence-electron chi connectivity index (χ1n) is 5.75. The number of likely N-dealkylation sites (tertiary alicyclic amines) is 1. The SMILES string of the molecule is Cc1ccc(CN2CCC(CN)CC2)s1.Cl. The Balaban J connectivity index is 0.00000128. The molecule has 2 heterocycles. The molecule has 0 aromatic carbocycles. The van der Waals surface area contributed by atoms with E-state index in [0.717, 1.165) is 19.0 Å². The van der Waals surface area contributed by atoms with Gasteiger partial charge >= 0.3 is 0 Å². The summed E-state index contributed by atoms with van der Waals surface area (Å²) in [6.07, 6.45) is 2.56. The van der Waals surface area contributed by atoms with Crippen LogP contribution in [0.3, 0.4) is 0 Å². The summed E-state index contributed by atoms with van der Waals surface area (Å²) in [6.45, 7) is 6.62. The van der Waals surface area contributed by atoms with E-state index in [-0.39, 0.29) is 12.4 Å². The molecule has 1 saturated heterocycles. The van der Waals surface area contributed by atoms with E-state index in [4.69, 9.17) is 5.73 Å². The summed E-state index contributed by atoms with van der Waals surface area (Å²) >= 11 is 1.92. The summed E-state index contributed by atoms with van der Waals surface area (Å²) in [5, 5.41) is 0. The molecule has 0 bridgehead atoms. The van der Waals surface area contributed by atoms with E-state index < -0.39 is 0 Å². The predicted molar refractivity (Wildman–Crippen MR) is 73.4 cm³/mol. The molecule has 2 rings (SSSR count). The number of piperidine rings is 1. The van der Waals surface area contributed by atoms with Crippen molar-refractivity contribution in [1.29, 1.82) is 0 Å². The van der Waals surface area contributed by atoms with Crippen LogP contribution in [0.25, 0.3) is 0 Å². The Morgan fingerprint density at radius 1 is 1.38 bits per heavy atom. The lowest BCUT2D eigenvalue weighted by atomic mass is 9.97. The van der Waals surface area contributed by atoms with Crippen LogP contribution in [-0.2, 0) is 6.54 Å². The second-order valence-electron chi connectivity index (χ2n) is 4.47. The first-order chi connectivity index (χ1) is 7.28. The number of hydrogen-bond acceptors (Lipinski definition) is 3. The summed E-state index contributed by atoms with van der Waals surface area (Å²) in [6, 6.07) is 4.47. The Kier molecular flexibility index (Phi) is 5.76. The van der Waals surface area contributed by atoms with Crippen LogP contribution in [-0.4, -0.2) is 24.5 Å². The third-order valence-electron chi connectivity index (χ3n) is 3.22. The van der Waals surface area contributed by atoms with Gasteiger partial charge in [0, 0.05) is 16.3 Å². The van der Waals surface area contributed by atoms with Gasteiger partial charge < -0.3 is 5.73 Å². The summed E-state index contributed by atoms with van der Waals surface area (Å²) in [7, 11) is 0. The molecule has 4 heteroatoms. The maximum Gasteiger partial charge on any atom is 0.0328 e. The van der Waals surface area contributed by atoms with E-state index in [1.807, 2.05) is 11.3 Å². The van der Waals surface area contributed by atoms with E-state index in [2.05, 4.69) is 24.0 Å². The average Bonchev–Trinajstić information content (AvgIpc) is 2.65. The van der Waals surface area contributed by atoms with Gasteiger partial charge in [0.15, 0.2) is 0 Å². The molecule has 0 aliphatic carbocycles. The number of nitrogens with zero attached hydrogens (tertiary/aromatic N) is 1. The van der Waals surface area contributed by atoms with Gasteiger partial charge in [-0.3, -0.25) is 4.90 Å². The fraction of sp³-hybridized carbons (Fsp3) is 0.667. The maximum absolute atomic E-state index is 5.69. The molecule has 1 aromatic rings. The topological polar surface area (TPSA) is 29.3 Å². The minimum absolute atomic E-state index is 0. The van der Waals surface area contributed by atoms with E-state index in [1.54, 1.807) is 0 Å². The molecule has 0 atom stereocenters. The van der Waals surface area contributed by atoms with Crippen molar-refractivity contribution in [2.24, 2.45) is 11.7 Å². The van der Waals surface area contributed by atoms with Gasteiger partial charge in [0.2, 0.25) is 0 Å². The summed E-state index contributed by atoms with van der Waals surface area (Å²) in [4.78, 5) is 5.47. The molecule has 0 radical (unpaired) electrons. The monoisotopic (exact) mass is 260 g/mol. The van der Waals surface area contributed by atoms with Crippen LogP contribution in [0.15, 0.2) is 12.1 Å². The first-order valence-corrected chi connectivity index (χ1v) is 6.57. The van der Waals surface area contributed by atoms with Crippen LogP contribution in [0.4, 0.5) is 0 Å². The van der Waals surface area contributed by atoms with Crippen LogP contribution in [0.5, 0.6) is 0 Å². The third kappa shape index (κ3) is 3.74. The lowest BCUT2D eigenvalue weighted by Gasteiger charge is -2.30. The largest absolute Gasteiger partial charge is 0.330 e. The molecule has 0 saturated carbocycles. The molecular weight excluding hydrogens is 240 g/mol. The molecule has 1 fully saturated rings. The maximum atomic E-state index is 5.69. The molecule has 92 valence electrons. The number of hydrogen-bond donors (Lipinski definition) is 1. The Bertz CT molecular complexity index is 306. The highest BCUT2D eigenvalue weighted by Gasteiger charge is 2.18. The molecular formula is C12H21ClN2S. The third-order valence-corrected chi connectivity index (χ3v) is 4.20. The quantitative estimate of drug-likeness (QED) is 0.906. The fourth-order valence-corrected chi connectivity index (χ4v) is 3.10. The van der Waals surface area contributed by atoms with Gasteiger partial charge in [0.25, 0.3) is 0 Å². The Labute approximate surface area is 108 Å². The predicted octanol–water partition coefficient (Wildman–Crippen LogP) is 2.65. The molecule has 1 aromatic heterocycles. The second-order valence-corrected chi connectivity index (χ2v) is 5.84. The van der Waals surface area contributed by atoms with Crippen molar-refractivity contribution in [2.75, 3.05) is 19.6 Å². The van der Waals surface area contributed by atoms with Crippen molar-refractivity contribution in [1.82, 2.24) is 4.90 Å². The molecule has 2 N–H and O–H groups in total. The molecule has 16 heavy (non-hydrogen) atoms. The summed E-state index contributed by atoms with van der Waals surface area (Å²) in [5.41, 5.74) is 5.69. The van der Waals surface area contributed by atoms with Crippen LogP contribution < -0.4 is 5.73 Å². The second kappa shape index (κ2) is 6.60. The molecule has 1 aliphatic rings. The van der Waals surface area contributed by atoms with Crippen molar-refractivity contribution in [3.05, 3.63) is 21.9 Å². The highest BCUT2D eigenvalue weighted by atomic mass is 35.5. The molecule has 0 spiro atoms. The lowest BCUT2D eigenvalue weighted by molar-refractivity contribution is 0.182. The van der Waals surface area contributed by atoms with Crippen LogP contribution in [0.1, 0.15) is 22.6 Å². The minimum Gasteiger partial charge on any atom is -0.330 e. The van der Waals surface area contributed by atoms with Gasteiger partial charge in [-0.1, -0.05) is 0 Å². The van der Waals surface area contributed by atoms with E-state index in [1.165, 1.54) is 35.7 Å². The van der Waals surface area contributed by atoms with Crippen LogP contribution in [0, 0.1) is 12.8 Å². The minimum atomic E-state index is 0.